The van der Waals surface area contributed by atoms with Gasteiger partial charge < -0.3 is 5.73 Å². The van der Waals surface area contributed by atoms with E-state index >= 15 is 0 Å². The van der Waals surface area contributed by atoms with Crippen molar-refractivity contribution in [2.45, 2.75) is 19.0 Å². The minimum atomic E-state index is -2.85. The molecule has 0 saturated carbocycles. The van der Waals surface area contributed by atoms with E-state index in [1.54, 1.807) is 0 Å². The van der Waals surface area contributed by atoms with Gasteiger partial charge >= 0.3 is 0 Å². The molecule has 2 aromatic rings. The highest BCUT2D eigenvalue weighted by Crippen LogP contribution is 2.25. The van der Waals surface area contributed by atoms with Crippen LogP contribution in [0.1, 0.15) is 12.0 Å². The molecule has 0 radical (unpaired) electrons. The van der Waals surface area contributed by atoms with Crippen LogP contribution in [0.25, 0.3) is 10.8 Å². The standard InChI is InChI=1S/C16H20N2O2S/c1-18(15-6-7-21(19,20)11-15)10-14-8-12-4-2-3-5-13(12)9-16(14)17/h2-5,8-9,15H,6-7,10-11,17H2,1H3. The maximum Gasteiger partial charge on any atom is 0.151 e. The molecule has 1 unspecified atom stereocenters. The molecule has 4 nitrogen and oxygen atoms in total. The van der Waals surface area contributed by atoms with Crippen LogP contribution in [0.4, 0.5) is 5.69 Å². The van der Waals surface area contributed by atoms with Crippen LogP contribution in [0, 0.1) is 0 Å². The van der Waals surface area contributed by atoms with Crippen molar-refractivity contribution in [1.29, 1.82) is 0 Å². The average molecular weight is 304 g/mol. The number of nitrogen functional groups attached to an aromatic ring is 1. The van der Waals surface area contributed by atoms with E-state index in [1.165, 1.54) is 0 Å². The van der Waals surface area contributed by atoms with E-state index in [-0.39, 0.29) is 11.8 Å². The lowest BCUT2D eigenvalue weighted by molar-refractivity contribution is 0.254. The van der Waals surface area contributed by atoms with E-state index in [0.29, 0.717) is 18.7 Å². The summed E-state index contributed by atoms with van der Waals surface area (Å²) in [5, 5.41) is 2.29. The number of sulfone groups is 1. The summed E-state index contributed by atoms with van der Waals surface area (Å²) in [6.45, 7) is 0.677. The van der Waals surface area contributed by atoms with Crippen molar-refractivity contribution >= 4 is 26.3 Å². The van der Waals surface area contributed by atoms with Crippen LogP contribution in [0.15, 0.2) is 36.4 Å². The van der Waals surface area contributed by atoms with Gasteiger partial charge in [0.25, 0.3) is 0 Å². The highest BCUT2D eigenvalue weighted by atomic mass is 32.2. The maximum absolute atomic E-state index is 11.6. The first-order valence-corrected chi connectivity index (χ1v) is 8.94. The van der Waals surface area contributed by atoms with E-state index in [9.17, 15) is 8.42 Å². The largest absolute Gasteiger partial charge is 0.398 e. The molecule has 1 aliphatic rings. The first-order chi connectivity index (χ1) is 9.94. The Labute approximate surface area is 125 Å². The summed E-state index contributed by atoms with van der Waals surface area (Å²) >= 11 is 0. The predicted octanol–water partition coefficient (Wildman–Crippen LogP) is 2.04. The van der Waals surface area contributed by atoms with Crippen LogP contribution in [0.5, 0.6) is 0 Å². The van der Waals surface area contributed by atoms with Crippen LogP contribution in [-0.2, 0) is 16.4 Å². The van der Waals surface area contributed by atoms with Crippen LogP contribution < -0.4 is 5.73 Å². The summed E-state index contributed by atoms with van der Waals surface area (Å²) in [5.74, 6) is 0.562. The van der Waals surface area contributed by atoms with Crippen molar-refractivity contribution in [2.24, 2.45) is 0 Å². The smallest absolute Gasteiger partial charge is 0.151 e. The predicted molar refractivity (Wildman–Crippen MR) is 86.9 cm³/mol. The zero-order chi connectivity index (χ0) is 15.0. The third kappa shape index (κ3) is 3.04. The topological polar surface area (TPSA) is 63.4 Å². The number of benzene rings is 2. The quantitative estimate of drug-likeness (QED) is 0.882. The van der Waals surface area contributed by atoms with Crippen LogP contribution in [-0.4, -0.2) is 37.9 Å². The number of nitrogens with two attached hydrogens (primary N) is 1. The summed E-state index contributed by atoms with van der Waals surface area (Å²) in [5.41, 5.74) is 7.96. The molecule has 0 amide bonds. The van der Waals surface area contributed by atoms with Gasteiger partial charge in [0.05, 0.1) is 11.5 Å². The summed E-state index contributed by atoms with van der Waals surface area (Å²) in [6, 6.07) is 12.3. The molecule has 21 heavy (non-hydrogen) atoms. The SMILES string of the molecule is CN(Cc1cc2ccccc2cc1N)C1CCS(=O)(=O)C1. The van der Waals surface area contributed by atoms with Crippen molar-refractivity contribution < 1.29 is 8.42 Å². The maximum atomic E-state index is 11.6. The van der Waals surface area contributed by atoms with E-state index in [0.717, 1.165) is 22.0 Å². The lowest BCUT2D eigenvalue weighted by atomic mass is 10.0. The second kappa shape index (κ2) is 5.31. The molecule has 1 saturated heterocycles. The minimum Gasteiger partial charge on any atom is -0.398 e. The molecule has 0 spiro atoms. The first kappa shape index (κ1) is 14.4. The molecule has 5 heteroatoms. The number of hydrogen-bond acceptors (Lipinski definition) is 4. The van der Waals surface area contributed by atoms with Crippen molar-refractivity contribution in [3.05, 3.63) is 42.0 Å². The zero-order valence-electron chi connectivity index (χ0n) is 12.1. The van der Waals surface area contributed by atoms with Gasteiger partial charge in [0.15, 0.2) is 9.84 Å². The van der Waals surface area contributed by atoms with Gasteiger partial charge in [-0.25, -0.2) is 8.42 Å². The molecule has 3 rings (SSSR count). The number of hydrogen-bond donors (Lipinski definition) is 1. The molecule has 112 valence electrons. The normalized spacial score (nSPS) is 21.1. The van der Waals surface area contributed by atoms with Crippen molar-refractivity contribution in [2.75, 3.05) is 24.3 Å². The summed E-state index contributed by atoms with van der Waals surface area (Å²) < 4.78 is 23.2. The zero-order valence-corrected chi connectivity index (χ0v) is 12.9. The third-order valence-electron chi connectivity index (χ3n) is 4.26. The van der Waals surface area contributed by atoms with E-state index in [2.05, 4.69) is 17.0 Å². The summed E-state index contributed by atoms with van der Waals surface area (Å²) in [6.07, 6.45) is 0.715. The molecule has 0 aliphatic carbocycles. The number of rotatable bonds is 3. The van der Waals surface area contributed by atoms with Gasteiger partial charge in [-0.15, -0.1) is 0 Å². The van der Waals surface area contributed by atoms with Crippen LogP contribution >= 0.6 is 0 Å². The monoisotopic (exact) mass is 304 g/mol. The van der Waals surface area contributed by atoms with E-state index < -0.39 is 9.84 Å². The second-order valence-electron chi connectivity index (χ2n) is 5.87. The van der Waals surface area contributed by atoms with Crippen molar-refractivity contribution in [3.8, 4) is 0 Å². The number of anilines is 1. The molecule has 0 aromatic heterocycles. The Bertz CT molecular complexity index is 771. The summed E-state index contributed by atoms with van der Waals surface area (Å²) in [7, 11) is -0.878. The Kier molecular flexibility index (Phi) is 3.63. The Morgan fingerprint density at radius 2 is 1.90 bits per heavy atom. The second-order valence-corrected chi connectivity index (χ2v) is 8.10. The molecule has 0 bridgehead atoms. The van der Waals surface area contributed by atoms with Gasteiger partial charge in [-0.2, -0.15) is 0 Å². The lowest BCUT2D eigenvalue weighted by Crippen LogP contribution is -2.32. The summed E-state index contributed by atoms with van der Waals surface area (Å²) in [4.78, 5) is 2.10. The van der Waals surface area contributed by atoms with Gasteiger partial charge in [-0.1, -0.05) is 24.3 Å². The molecule has 1 heterocycles. The van der Waals surface area contributed by atoms with Crippen LogP contribution in [0.2, 0.25) is 0 Å². The van der Waals surface area contributed by atoms with Gasteiger partial charge in [0.2, 0.25) is 0 Å². The fraction of sp³-hybridized carbons (Fsp3) is 0.375. The van der Waals surface area contributed by atoms with Crippen molar-refractivity contribution in [3.63, 3.8) is 0 Å². The number of fused-ring (bicyclic) bond motifs is 1. The van der Waals surface area contributed by atoms with Gasteiger partial charge in [0, 0.05) is 18.3 Å². The average Bonchev–Trinajstić information content (AvgIpc) is 2.80. The Hall–Kier alpha value is -1.59. The van der Waals surface area contributed by atoms with Crippen molar-refractivity contribution in [1.82, 2.24) is 4.90 Å². The highest BCUT2D eigenvalue weighted by Gasteiger charge is 2.30. The molecule has 2 aromatic carbocycles. The Morgan fingerprint density at radius 3 is 2.52 bits per heavy atom. The highest BCUT2D eigenvalue weighted by molar-refractivity contribution is 7.91. The molecule has 1 atom stereocenters. The molecule has 1 fully saturated rings. The molecule has 1 aliphatic heterocycles. The molecular weight excluding hydrogens is 284 g/mol. The first-order valence-electron chi connectivity index (χ1n) is 7.12. The Morgan fingerprint density at radius 1 is 1.24 bits per heavy atom. The fourth-order valence-electron chi connectivity index (χ4n) is 2.96. The molecular formula is C16H20N2O2S. The van der Waals surface area contributed by atoms with E-state index in [4.69, 9.17) is 5.73 Å². The number of nitrogens with zero attached hydrogens (tertiary/aromatic N) is 1. The van der Waals surface area contributed by atoms with E-state index in [1.807, 2.05) is 31.3 Å². The fourth-order valence-corrected chi connectivity index (χ4v) is 4.77. The lowest BCUT2D eigenvalue weighted by Gasteiger charge is -2.24. The van der Waals surface area contributed by atoms with Gasteiger partial charge in [0.1, 0.15) is 0 Å². The molecule has 2 N–H and O–H groups in total. The minimum absolute atomic E-state index is 0.0980. The van der Waals surface area contributed by atoms with Gasteiger partial charge in [-0.3, -0.25) is 4.90 Å². The Balaban J connectivity index is 1.83. The van der Waals surface area contributed by atoms with Crippen LogP contribution in [0.3, 0.4) is 0 Å². The van der Waals surface area contributed by atoms with Gasteiger partial charge in [-0.05, 0) is 41.9 Å². The third-order valence-corrected chi connectivity index (χ3v) is 6.01.